The molecule has 78 valence electrons. The van der Waals surface area contributed by atoms with E-state index in [1.54, 1.807) is 0 Å². The second kappa shape index (κ2) is 8.26. The van der Waals surface area contributed by atoms with Crippen molar-refractivity contribution in [1.82, 2.24) is 5.32 Å². The first-order valence-electron chi connectivity index (χ1n) is 4.69. The highest BCUT2D eigenvalue weighted by Crippen LogP contribution is 1.94. The van der Waals surface area contributed by atoms with Crippen molar-refractivity contribution in [3.8, 4) is 0 Å². The van der Waals surface area contributed by atoms with Gasteiger partial charge in [-0.1, -0.05) is 30.3 Å². The zero-order valence-electron chi connectivity index (χ0n) is 8.79. The van der Waals surface area contributed by atoms with Crippen molar-refractivity contribution in [2.75, 3.05) is 6.54 Å². The topological polar surface area (TPSA) is 55.1 Å². The van der Waals surface area contributed by atoms with Crippen molar-refractivity contribution in [3.05, 3.63) is 35.9 Å². The molecule has 0 aliphatic rings. The van der Waals surface area contributed by atoms with Crippen LogP contribution in [0.1, 0.15) is 19.4 Å². The van der Waals surface area contributed by atoms with E-state index < -0.39 is 0 Å². The second-order valence-corrected chi connectivity index (χ2v) is 2.78. The molecule has 1 aromatic rings. The Labute approximate surface area is 85.3 Å². The van der Waals surface area contributed by atoms with E-state index in [0.29, 0.717) is 6.54 Å². The molecule has 3 nitrogen and oxygen atoms in total. The molecule has 1 rings (SSSR count). The Kier molecular flexibility index (Phi) is 7.46. The van der Waals surface area contributed by atoms with E-state index >= 15 is 0 Å². The SMILES string of the molecule is CCNC(C)=O.NCc1ccccc1. The summed E-state index contributed by atoms with van der Waals surface area (Å²) in [4.78, 5) is 9.93. The van der Waals surface area contributed by atoms with Crippen molar-refractivity contribution in [2.24, 2.45) is 5.73 Å². The standard InChI is InChI=1S/C7H9N.C4H9NO/c8-6-7-4-2-1-3-5-7;1-3-5-4(2)6/h1-5H,6,8H2;3H2,1-2H3,(H,5,6). The summed E-state index contributed by atoms with van der Waals surface area (Å²) in [7, 11) is 0. The molecule has 0 aliphatic heterocycles. The number of carbonyl (C=O) groups excluding carboxylic acids is 1. The molecule has 0 unspecified atom stereocenters. The van der Waals surface area contributed by atoms with E-state index in [4.69, 9.17) is 5.73 Å². The van der Waals surface area contributed by atoms with Gasteiger partial charge < -0.3 is 11.1 Å². The average Bonchev–Trinajstić information content (AvgIpc) is 2.20. The lowest BCUT2D eigenvalue weighted by Crippen LogP contribution is -2.18. The molecular weight excluding hydrogens is 176 g/mol. The van der Waals surface area contributed by atoms with Gasteiger partial charge >= 0.3 is 0 Å². The normalized spacial score (nSPS) is 8.50. The molecule has 1 amide bonds. The van der Waals surface area contributed by atoms with Crippen LogP contribution in [0.2, 0.25) is 0 Å². The molecule has 0 saturated carbocycles. The molecule has 3 N–H and O–H groups in total. The fourth-order valence-electron chi connectivity index (χ4n) is 0.863. The summed E-state index contributed by atoms with van der Waals surface area (Å²) in [6.07, 6.45) is 0. The molecule has 0 fully saturated rings. The van der Waals surface area contributed by atoms with Crippen LogP contribution in [0.25, 0.3) is 0 Å². The fraction of sp³-hybridized carbons (Fsp3) is 0.364. The van der Waals surface area contributed by atoms with Crippen LogP contribution in [0, 0.1) is 0 Å². The van der Waals surface area contributed by atoms with Gasteiger partial charge in [-0.2, -0.15) is 0 Å². The minimum absolute atomic E-state index is 0.0394. The number of hydrogen-bond acceptors (Lipinski definition) is 2. The third-order valence-corrected chi connectivity index (χ3v) is 1.50. The largest absolute Gasteiger partial charge is 0.357 e. The van der Waals surface area contributed by atoms with Gasteiger partial charge in [-0.25, -0.2) is 0 Å². The molecular formula is C11H18N2O. The van der Waals surface area contributed by atoms with Crippen molar-refractivity contribution in [3.63, 3.8) is 0 Å². The Morgan fingerprint density at radius 2 is 1.93 bits per heavy atom. The van der Waals surface area contributed by atoms with Gasteiger partial charge in [-0.05, 0) is 12.5 Å². The van der Waals surface area contributed by atoms with Gasteiger partial charge in [0.15, 0.2) is 0 Å². The highest BCUT2D eigenvalue weighted by atomic mass is 16.1. The molecule has 1 aromatic carbocycles. The Morgan fingerprint density at radius 3 is 2.14 bits per heavy atom. The summed E-state index contributed by atoms with van der Waals surface area (Å²) < 4.78 is 0. The lowest BCUT2D eigenvalue weighted by atomic mass is 10.2. The van der Waals surface area contributed by atoms with Crippen LogP contribution in [0.5, 0.6) is 0 Å². The monoisotopic (exact) mass is 194 g/mol. The van der Waals surface area contributed by atoms with E-state index in [1.807, 2.05) is 37.3 Å². The third kappa shape index (κ3) is 7.31. The summed E-state index contributed by atoms with van der Waals surface area (Å²) >= 11 is 0. The van der Waals surface area contributed by atoms with Crippen LogP contribution in [-0.2, 0) is 11.3 Å². The molecule has 0 heterocycles. The van der Waals surface area contributed by atoms with Crippen LogP contribution < -0.4 is 11.1 Å². The highest BCUT2D eigenvalue weighted by Gasteiger charge is 1.80. The smallest absolute Gasteiger partial charge is 0.216 e. The first kappa shape index (κ1) is 12.7. The predicted octanol–water partition coefficient (Wildman–Crippen LogP) is 1.29. The summed E-state index contributed by atoms with van der Waals surface area (Å²) in [6.45, 7) is 4.76. The lowest BCUT2D eigenvalue weighted by molar-refractivity contribution is -0.118. The van der Waals surface area contributed by atoms with Gasteiger partial charge in [-0.15, -0.1) is 0 Å². The summed E-state index contributed by atoms with van der Waals surface area (Å²) in [5, 5.41) is 2.57. The van der Waals surface area contributed by atoms with Gasteiger partial charge in [0.1, 0.15) is 0 Å². The molecule has 3 heteroatoms. The van der Waals surface area contributed by atoms with Crippen LogP contribution in [0.4, 0.5) is 0 Å². The maximum Gasteiger partial charge on any atom is 0.216 e. The van der Waals surface area contributed by atoms with Gasteiger partial charge in [0.25, 0.3) is 0 Å². The number of nitrogens with two attached hydrogens (primary N) is 1. The second-order valence-electron chi connectivity index (χ2n) is 2.78. The summed E-state index contributed by atoms with van der Waals surface area (Å²) in [5.41, 5.74) is 6.54. The van der Waals surface area contributed by atoms with Crippen LogP contribution in [0.3, 0.4) is 0 Å². The Balaban J connectivity index is 0.000000255. The third-order valence-electron chi connectivity index (χ3n) is 1.50. The lowest BCUT2D eigenvalue weighted by Gasteiger charge is -1.90. The van der Waals surface area contributed by atoms with E-state index in [9.17, 15) is 4.79 Å². The van der Waals surface area contributed by atoms with Crippen molar-refractivity contribution in [1.29, 1.82) is 0 Å². The van der Waals surface area contributed by atoms with E-state index in [0.717, 1.165) is 6.54 Å². The number of amides is 1. The predicted molar refractivity (Wildman–Crippen MR) is 58.7 cm³/mol. The number of carbonyl (C=O) groups is 1. The molecule has 0 radical (unpaired) electrons. The van der Waals surface area contributed by atoms with E-state index in [-0.39, 0.29) is 5.91 Å². The maximum atomic E-state index is 9.93. The van der Waals surface area contributed by atoms with Gasteiger partial charge in [0, 0.05) is 20.0 Å². The van der Waals surface area contributed by atoms with Gasteiger partial charge in [-0.3, -0.25) is 4.79 Å². The van der Waals surface area contributed by atoms with Gasteiger partial charge in [0.05, 0.1) is 0 Å². The molecule has 14 heavy (non-hydrogen) atoms. The zero-order valence-corrected chi connectivity index (χ0v) is 8.79. The quantitative estimate of drug-likeness (QED) is 0.745. The zero-order chi connectivity index (χ0) is 10.8. The highest BCUT2D eigenvalue weighted by molar-refractivity contribution is 5.72. The Morgan fingerprint density at radius 1 is 1.36 bits per heavy atom. The summed E-state index contributed by atoms with van der Waals surface area (Å²) in [6, 6.07) is 9.99. The Bertz CT molecular complexity index is 247. The minimum atomic E-state index is 0.0394. The minimum Gasteiger partial charge on any atom is -0.357 e. The number of benzene rings is 1. The van der Waals surface area contributed by atoms with Gasteiger partial charge in [0.2, 0.25) is 5.91 Å². The molecule has 0 aromatic heterocycles. The first-order chi connectivity index (χ1) is 6.70. The molecule has 0 aliphatic carbocycles. The van der Waals surface area contributed by atoms with Crippen molar-refractivity contribution < 1.29 is 4.79 Å². The Hall–Kier alpha value is -1.35. The first-order valence-corrected chi connectivity index (χ1v) is 4.69. The fourth-order valence-corrected chi connectivity index (χ4v) is 0.863. The van der Waals surface area contributed by atoms with Crippen LogP contribution in [0.15, 0.2) is 30.3 Å². The van der Waals surface area contributed by atoms with E-state index in [1.165, 1.54) is 12.5 Å². The molecule has 0 saturated heterocycles. The molecule has 0 atom stereocenters. The number of rotatable bonds is 2. The number of nitrogens with one attached hydrogen (secondary N) is 1. The number of hydrogen-bond donors (Lipinski definition) is 2. The summed E-state index contributed by atoms with van der Waals surface area (Å²) in [5.74, 6) is 0.0394. The average molecular weight is 194 g/mol. The van der Waals surface area contributed by atoms with Crippen molar-refractivity contribution >= 4 is 5.91 Å². The molecule has 0 spiro atoms. The van der Waals surface area contributed by atoms with Crippen LogP contribution in [-0.4, -0.2) is 12.5 Å². The van der Waals surface area contributed by atoms with Crippen LogP contribution >= 0.6 is 0 Å². The maximum absolute atomic E-state index is 9.93. The van der Waals surface area contributed by atoms with Crippen molar-refractivity contribution in [2.45, 2.75) is 20.4 Å². The van der Waals surface area contributed by atoms with E-state index in [2.05, 4.69) is 5.32 Å². The molecule has 0 bridgehead atoms.